The second-order valence-corrected chi connectivity index (χ2v) is 9.40. The van der Waals surface area contributed by atoms with Crippen molar-refractivity contribution < 1.29 is 36.2 Å². The van der Waals surface area contributed by atoms with Crippen LogP contribution < -0.4 is 4.74 Å². The lowest BCUT2D eigenvalue weighted by molar-refractivity contribution is -0.137. The molecule has 6 nitrogen and oxygen atoms in total. The van der Waals surface area contributed by atoms with Gasteiger partial charge < -0.3 is 9.84 Å². The van der Waals surface area contributed by atoms with Crippen LogP contribution >= 0.6 is 15.9 Å². The molecule has 32 heavy (non-hydrogen) atoms. The average Bonchev–Trinajstić information content (AvgIpc) is 2.70. The van der Waals surface area contributed by atoms with Crippen molar-refractivity contribution in [3.8, 4) is 17.0 Å². The first-order valence-corrected chi connectivity index (χ1v) is 12.2. The van der Waals surface area contributed by atoms with Gasteiger partial charge in [0, 0.05) is 34.2 Å². The number of carbonyl (C=O) groups is 1. The Bertz CT molecular complexity index is 1320. The van der Waals surface area contributed by atoms with E-state index >= 15 is 0 Å². The van der Waals surface area contributed by atoms with Crippen LogP contribution in [0.5, 0.6) is 5.75 Å². The molecule has 1 aromatic heterocycles. The monoisotopic (exact) mass is 531 g/mol. The van der Waals surface area contributed by atoms with E-state index in [1.165, 1.54) is 24.3 Å². The van der Waals surface area contributed by atoms with Crippen molar-refractivity contribution >= 4 is 42.6 Å². The van der Waals surface area contributed by atoms with E-state index in [-0.39, 0.29) is 55.9 Å². The molecule has 0 radical (unpaired) electrons. The maximum Gasteiger partial charge on any atom is 0.416 e. The zero-order valence-corrected chi connectivity index (χ0v) is 19.2. The van der Waals surface area contributed by atoms with E-state index in [0.29, 0.717) is 0 Å². The molecule has 3 aromatic rings. The van der Waals surface area contributed by atoms with E-state index in [1.54, 1.807) is 6.92 Å². The second kappa shape index (κ2) is 8.70. The van der Waals surface area contributed by atoms with Crippen molar-refractivity contribution in [2.45, 2.75) is 23.3 Å². The Balaban J connectivity index is 2.45. The summed E-state index contributed by atoms with van der Waals surface area (Å²) >= 11 is 3.20. The van der Waals surface area contributed by atoms with Crippen molar-refractivity contribution in [3.63, 3.8) is 0 Å². The van der Waals surface area contributed by atoms with Gasteiger partial charge in [0.05, 0.1) is 28.9 Å². The first-order valence-electron chi connectivity index (χ1n) is 9.18. The van der Waals surface area contributed by atoms with Crippen LogP contribution in [0.15, 0.2) is 41.3 Å². The van der Waals surface area contributed by atoms with Crippen LogP contribution in [0.25, 0.3) is 22.2 Å². The number of aromatic carboxylic acids is 1. The van der Waals surface area contributed by atoms with Crippen LogP contribution in [-0.4, -0.2) is 37.3 Å². The van der Waals surface area contributed by atoms with Crippen LogP contribution in [0.3, 0.4) is 0 Å². The van der Waals surface area contributed by atoms with Gasteiger partial charge in [-0.1, -0.05) is 28.1 Å². The minimum Gasteiger partial charge on any atom is -0.492 e. The van der Waals surface area contributed by atoms with Crippen LogP contribution in [-0.2, 0) is 21.3 Å². The molecule has 3 rings (SSSR count). The SMILES string of the molecule is CCOc1cc2nc(-c3cccc(C(F)(F)F)c3)c(CBr)c(C(=O)O)c2cc1S(C)(=O)=O. The smallest absolute Gasteiger partial charge is 0.416 e. The number of carboxylic acids is 1. The van der Waals surface area contributed by atoms with Crippen molar-refractivity contribution in [1.82, 2.24) is 4.98 Å². The Labute approximate surface area is 190 Å². The Morgan fingerprint density at radius 1 is 1.22 bits per heavy atom. The molecule has 170 valence electrons. The summed E-state index contributed by atoms with van der Waals surface area (Å²) in [6.07, 6.45) is -3.63. The van der Waals surface area contributed by atoms with E-state index in [0.717, 1.165) is 18.4 Å². The fourth-order valence-electron chi connectivity index (χ4n) is 3.32. The van der Waals surface area contributed by atoms with E-state index in [1.807, 2.05) is 0 Å². The molecule has 0 aliphatic carbocycles. The van der Waals surface area contributed by atoms with Gasteiger partial charge in [-0.3, -0.25) is 0 Å². The summed E-state index contributed by atoms with van der Waals surface area (Å²) in [5.74, 6) is -1.39. The van der Waals surface area contributed by atoms with Crippen molar-refractivity contribution in [3.05, 3.63) is 53.1 Å². The number of rotatable bonds is 6. The van der Waals surface area contributed by atoms with Gasteiger partial charge in [-0.05, 0) is 25.1 Å². The van der Waals surface area contributed by atoms with Crippen LogP contribution in [0.2, 0.25) is 0 Å². The summed E-state index contributed by atoms with van der Waals surface area (Å²) in [4.78, 5) is 16.4. The predicted molar refractivity (Wildman–Crippen MR) is 116 cm³/mol. The van der Waals surface area contributed by atoms with Crippen molar-refractivity contribution in [1.29, 1.82) is 0 Å². The van der Waals surface area contributed by atoms with E-state index in [2.05, 4.69) is 20.9 Å². The molecule has 0 atom stereocenters. The molecule has 0 saturated carbocycles. The number of alkyl halides is 4. The molecular formula is C21H17BrF3NO5S. The Hall–Kier alpha value is -2.66. The Morgan fingerprint density at radius 2 is 1.91 bits per heavy atom. The summed E-state index contributed by atoms with van der Waals surface area (Å²) in [5.41, 5.74) is -0.858. The molecule has 1 heterocycles. The second-order valence-electron chi connectivity index (χ2n) is 6.85. The van der Waals surface area contributed by atoms with Crippen LogP contribution in [0.4, 0.5) is 13.2 Å². The average molecular weight is 532 g/mol. The summed E-state index contributed by atoms with van der Waals surface area (Å²) in [5, 5.41) is 9.90. The maximum atomic E-state index is 13.2. The zero-order chi connectivity index (χ0) is 23.8. The highest BCUT2D eigenvalue weighted by Crippen LogP contribution is 2.38. The van der Waals surface area contributed by atoms with Gasteiger partial charge in [0.1, 0.15) is 10.6 Å². The van der Waals surface area contributed by atoms with Crippen molar-refractivity contribution in [2.24, 2.45) is 0 Å². The van der Waals surface area contributed by atoms with Crippen molar-refractivity contribution in [2.75, 3.05) is 12.9 Å². The number of hydrogen-bond acceptors (Lipinski definition) is 5. The normalized spacial score (nSPS) is 12.2. The molecule has 0 saturated heterocycles. The molecule has 0 aliphatic heterocycles. The zero-order valence-electron chi connectivity index (χ0n) is 16.8. The standard InChI is InChI=1S/C21H17BrF3NO5S/c1-3-31-16-9-15-13(8-17(16)32(2,29)30)18(20(27)28)14(10-22)19(26-15)11-5-4-6-12(7-11)21(23,24)25/h4-9H,3,10H2,1-2H3,(H,27,28). The van der Waals surface area contributed by atoms with Gasteiger partial charge in [0.15, 0.2) is 9.84 Å². The molecule has 1 N–H and O–H groups in total. The fraction of sp³-hybridized carbons (Fsp3) is 0.238. The topological polar surface area (TPSA) is 93.6 Å². The predicted octanol–water partition coefficient (Wildman–Crippen LogP) is 5.32. The number of sulfone groups is 1. The quantitative estimate of drug-likeness (QED) is 0.433. The Morgan fingerprint density at radius 3 is 2.44 bits per heavy atom. The largest absolute Gasteiger partial charge is 0.492 e. The molecule has 2 aromatic carbocycles. The summed E-state index contributed by atoms with van der Waals surface area (Å²) in [7, 11) is -3.78. The summed E-state index contributed by atoms with van der Waals surface area (Å²) in [6, 6.07) is 6.86. The molecule has 0 fully saturated rings. The summed E-state index contributed by atoms with van der Waals surface area (Å²) < 4.78 is 69.6. The lowest BCUT2D eigenvalue weighted by Crippen LogP contribution is -2.10. The number of benzene rings is 2. The van der Waals surface area contributed by atoms with E-state index in [4.69, 9.17) is 4.74 Å². The minimum absolute atomic E-state index is 0.0204. The van der Waals surface area contributed by atoms with Gasteiger partial charge in [-0.25, -0.2) is 18.2 Å². The molecule has 0 bridgehead atoms. The third-order valence-electron chi connectivity index (χ3n) is 4.66. The van der Waals surface area contributed by atoms with Crippen LogP contribution in [0, 0.1) is 0 Å². The van der Waals surface area contributed by atoms with Gasteiger partial charge in [-0.15, -0.1) is 0 Å². The van der Waals surface area contributed by atoms with Gasteiger partial charge in [0.2, 0.25) is 0 Å². The lowest BCUT2D eigenvalue weighted by Gasteiger charge is -2.17. The first-order chi connectivity index (χ1) is 14.9. The molecular weight excluding hydrogens is 515 g/mol. The number of nitrogens with zero attached hydrogens (tertiary/aromatic N) is 1. The third kappa shape index (κ3) is 4.58. The highest BCUT2D eigenvalue weighted by molar-refractivity contribution is 9.08. The molecule has 0 amide bonds. The van der Waals surface area contributed by atoms with Gasteiger partial charge >= 0.3 is 12.1 Å². The number of halogens is 4. The number of carboxylic acid groups (broad SMARTS) is 1. The van der Waals surface area contributed by atoms with E-state index in [9.17, 15) is 31.5 Å². The summed E-state index contributed by atoms with van der Waals surface area (Å²) in [6.45, 7) is 1.79. The first kappa shape index (κ1) is 24.0. The number of hydrogen-bond donors (Lipinski definition) is 1. The molecule has 0 spiro atoms. The molecule has 0 unspecified atom stereocenters. The lowest BCUT2D eigenvalue weighted by atomic mass is 9.96. The highest BCUT2D eigenvalue weighted by atomic mass is 79.9. The fourth-order valence-corrected chi connectivity index (χ4v) is 4.69. The Kier molecular flexibility index (Phi) is 6.52. The van der Waals surface area contributed by atoms with Gasteiger partial charge in [0.25, 0.3) is 0 Å². The maximum absolute atomic E-state index is 13.2. The highest BCUT2D eigenvalue weighted by Gasteiger charge is 2.31. The van der Waals surface area contributed by atoms with Gasteiger partial charge in [-0.2, -0.15) is 13.2 Å². The number of aromatic nitrogens is 1. The number of fused-ring (bicyclic) bond motifs is 1. The molecule has 0 aliphatic rings. The third-order valence-corrected chi connectivity index (χ3v) is 6.34. The number of ether oxygens (including phenoxy) is 1. The molecule has 11 heteroatoms. The van der Waals surface area contributed by atoms with Crippen LogP contribution in [0.1, 0.15) is 28.4 Å². The van der Waals surface area contributed by atoms with E-state index < -0.39 is 27.5 Å². The number of pyridine rings is 1. The minimum atomic E-state index is -4.59.